The first-order valence-corrected chi connectivity index (χ1v) is 6.74. The van der Waals surface area contributed by atoms with Gasteiger partial charge in [0.1, 0.15) is 11.8 Å². The highest BCUT2D eigenvalue weighted by molar-refractivity contribution is 5.95. The molecule has 3 rings (SSSR count). The van der Waals surface area contributed by atoms with Crippen molar-refractivity contribution in [3.05, 3.63) is 23.8 Å². The molecule has 2 aliphatic heterocycles. The number of hydrogen-bond acceptors (Lipinski definition) is 4. The van der Waals surface area contributed by atoms with Crippen molar-refractivity contribution in [2.24, 2.45) is 0 Å². The van der Waals surface area contributed by atoms with E-state index in [1.165, 1.54) is 0 Å². The molecule has 1 fully saturated rings. The molecule has 0 radical (unpaired) electrons. The van der Waals surface area contributed by atoms with Gasteiger partial charge >= 0.3 is 0 Å². The van der Waals surface area contributed by atoms with Gasteiger partial charge in [0.2, 0.25) is 11.8 Å². The van der Waals surface area contributed by atoms with Crippen molar-refractivity contribution >= 4 is 23.4 Å². The normalized spacial score (nSPS) is 20.1. The van der Waals surface area contributed by atoms with Crippen LogP contribution < -0.4 is 20.7 Å². The Morgan fingerprint density at radius 3 is 2.95 bits per heavy atom. The fraction of sp³-hybridized carbons (Fsp3) is 0.357. The molecule has 0 aliphatic carbocycles. The third-order valence-corrected chi connectivity index (χ3v) is 3.46. The maximum atomic E-state index is 11.9. The lowest BCUT2D eigenvalue weighted by molar-refractivity contribution is -0.125. The Labute approximate surface area is 121 Å². The van der Waals surface area contributed by atoms with Crippen molar-refractivity contribution in [2.45, 2.75) is 25.4 Å². The third-order valence-electron chi connectivity index (χ3n) is 3.46. The first kappa shape index (κ1) is 13.4. The summed E-state index contributed by atoms with van der Waals surface area (Å²) in [6, 6.07) is 4.89. The fourth-order valence-corrected chi connectivity index (χ4v) is 2.35. The molecule has 1 aromatic carbocycles. The summed E-state index contributed by atoms with van der Waals surface area (Å²) in [6.45, 7) is 0.340. The first-order chi connectivity index (χ1) is 10.1. The zero-order valence-corrected chi connectivity index (χ0v) is 11.3. The number of nitrogens with one attached hydrogen (secondary N) is 3. The molecule has 0 bridgehead atoms. The van der Waals surface area contributed by atoms with Crippen molar-refractivity contribution in [2.75, 3.05) is 11.9 Å². The van der Waals surface area contributed by atoms with Crippen LogP contribution in [0.1, 0.15) is 18.4 Å². The summed E-state index contributed by atoms with van der Waals surface area (Å²) in [5.74, 6) is 0.136. The summed E-state index contributed by atoms with van der Waals surface area (Å²) in [5.41, 5.74) is 1.49. The summed E-state index contributed by atoms with van der Waals surface area (Å²) in [7, 11) is 0. The number of hydrogen-bond donors (Lipinski definition) is 3. The second-order valence-electron chi connectivity index (χ2n) is 5.04. The molecule has 3 amide bonds. The van der Waals surface area contributed by atoms with E-state index in [1.807, 2.05) is 0 Å². The van der Waals surface area contributed by atoms with Gasteiger partial charge in [-0.15, -0.1) is 0 Å². The summed E-state index contributed by atoms with van der Waals surface area (Å²) < 4.78 is 5.32. The van der Waals surface area contributed by atoms with E-state index in [0.717, 1.165) is 5.56 Å². The first-order valence-electron chi connectivity index (χ1n) is 6.74. The maximum absolute atomic E-state index is 11.9. The molecule has 7 nitrogen and oxygen atoms in total. The van der Waals surface area contributed by atoms with Crippen molar-refractivity contribution in [3.63, 3.8) is 0 Å². The zero-order chi connectivity index (χ0) is 14.8. The number of rotatable bonds is 3. The monoisotopic (exact) mass is 289 g/mol. The number of ether oxygens (including phenoxy) is 1. The fourth-order valence-electron chi connectivity index (χ4n) is 2.35. The predicted octanol–water partition coefficient (Wildman–Crippen LogP) is -0.0877. The molecule has 7 heteroatoms. The van der Waals surface area contributed by atoms with Gasteiger partial charge in [0.15, 0.2) is 6.61 Å². The van der Waals surface area contributed by atoms with Gasteiger partial charge in [0.05, 0.1) is 5.69 Å². The standard InChI is InChI=1S/C14H15N3O4/c18-12-4-3-10(17-12)14(20)15-6-8-1-2-9-11(5-8)21-7-13(19)16-9/h1-2,5,10H,3-4,6-7H2,(H,15,20)(H,16,19)(H,17,18). The minimum absolute atomic E-state index is 0.00306. The van der Waals surface area contributed by atoms with E-state index in [9.17, 15) is 14.4 Å². The summed E-state index contributed by atoms with van der Waals surface area (Å²) in [5, 5.41) is 8.10. The van der Waals surface area contributed by atoms with Gasteiger partial charge < -0.3 is 20.7 Å². The Kier molecular flexibility index (Phi) is 3.47. The van der Waals surface area contributed by atoms with Gasteiger partial charge in [-0.3, -0.25) is 14.4 Å². The molecule has 1 aromatic rings. The molecule has 1 unspecified atom stereocenters. The molecule has 21 heavy (non-hydrogen) atoms. The summed E-state index contributed by atoms with van der Waals surface area (Å²) in [4.78, 5) is 34.1. The molecule has 0 aromatic heterocycles. The third kappa shape index (κ3) is 2.96. The lowest BCUT2D eigenvalue weighted by Gasteiger charge is -2.18. The quantitative estimate of drug-likeness (QED) is 0.724. The van der Waals surface area contributed by atoms with Crippen molar-refractivity contribution in [1.82, 2.24) is 10.6 Å². The van der Waals surface area contributed by atoms with E-state index in [1.54, 1.807) is 18.2 Å². The van der Waals surface area contributed by atoms with Crippen LogP contribution in [0.2, 0.25) is 0 Å². The molecule has 3 N–H and O–H groups in total. The van der Waals surface area contributed by atoms with E-state index in [2.05, 4.69) is 16.0 Å². The molecular weight excluding hydrogens is 274 g/mol. The maximum Gasteiger partial charge on any atom is 0.262 e. The van der Waals surface area contributed by atoms with E-state index in [4.69, 9.17) is 4.74 Å². The highest BCUT2D eigenvalue weighted by atomic mass is 16.5. The molecule has 1 saturated heterocycles. The van der Waals surface area contributed by atoms with Gasteiger partial charge in [0.25, 0.3) is 5.91 Å². The molecule has 2 aliphatic rings. The number of benzene rings is 1. The van der Waals surface area contributed by atoms with Crippen LogP contribution in [0.3, 0.4) is 0 Å². The SMILES string of the molecule is O=C1COc2cc(CNC(=O)C3CCC(=O)N3)ccc2N1. The Bertz CT molecular complexity index is 614. The van der Waals surface area contributed by atoms with E-state index < -0.39 is 6.04 Å². The summed E-state index contributed by atoms with van der Waals surface area (Å²) in [6.07, 6.45) is 0.925. The van der Waals surface area contributed by atoms with Crippen LogP contribution in [0.15, 0.2) is 18.2 Å². The smallest absolute Gasteiger partial charge is 0.262 e. The van der Waals surface area contributed by atoms with Crippen molar-refractivity contribution in [3.8, 4) is 5.75 Å². The average molecular weight is 289 g/mol. The second-order valence-corrected chi connectivity index (χ2v) is 5.04. The Balaban J connectivity index is 1.59. The van der Waals surface area contributed by atoms with Crippen LogP contribution in [0.25, 0.3) is 0 Å². The molecular formula is C14H15N3O4. The second kappa shape index (κ2) is 5.43. The van der Waals surface area contributed by atoms with Crippen LogP contribution >= 0.6 is 0 Å². The Morgan fingerprint density at radius 1 is 1.33 bits per heavy atom. The van der Waals surface area contributed by atoms with Crippen molar-refractivity contribution < 1.29 is 19.1 Å². The summed E-state index contributed by atoms with van der Waals surface area (Å²) >= 11 is 0. The number of anilines is 1. The van der Waals surface area contributed by atoms with Crippen LogP contribution in [0.4, 0.5) is 5.69 Å². The minimum Gasteiger partial charge on any atom is -0.482 e. The Morgan fingerprint density at radius 2 is 2.19 bits per heavy atom. The highest BCUT2D eigenvalue weighted by Gasteiger charge is 2.26. The van der Waals surface area contributed by atoms with E-state index >= 15 is 0 Å². The lowest BCUT2D eigenvalue weighted by atomic mass is 10.1. The van der Waals surface area contributed by atoms with Crippen molar-refractivity contribution in [1.29, 1.82) is 0 Å². The van der Waals surface area contributed by atoms with Gasteiger partial charge in [-0.05, 0) is 24.1 Å². The van der Waals surface area contributed by atoms with Crippen LogP contribution in [0.5, 0.6) is 5.75 Å². The van der Waals surface area contributed by atoms with Gasteiger partial charge in [-0.2, -0.15) is 0 Å². The lowest BCUT2D eigenvalue weighted by Crippen LogP contribution is -2.41. The van der Waals surface area contributed by atoms with Crippen LogP contribution in [-0.4, -0.2) is 30.4 Å². The van der Waals surface area contributed by atoms with Gasteiger partial charge in [-0.25, -0.2) is 0 Å². The zero-order valence-electron chi connectivity index (χ0n) is 11.3. The molecule has 0 spiro atoms. The molecule has 0 saturated carbocycles. The van der Waals surface area contributed by atoms with E-state index in [0.29, 0.717) is 30.8 Å². The Hall–Kier alpha value is -2.57. The molecule has 110 valence electrons. The molecule has 2 heterocycles. The average Bonchev–Trinajstić information content (AvgIpc) is 2.91. The largest absolute Gasteiger partial charge is 0.482 e. The predicted molar refractivity (Wildman–Crippen MR) is 73.6 cm³/mol. The minimum atomic E-state index is -0.439. The number of amides is 3. The topological polar surface area (TPSA) is 96.5 Å². The van der Waals surface area contributed by atoms with E-state index in [-0.39, 0.29) is 24.3 Å². The van der Waals surface area contributed by atoms with Gasteiger partial charge in [-0.1, -0.05) is 6.07 Å². The number of fused-ring (bicyclic) bond motifs is 1. The van der Waals surface area contributed by atoms with Crippen LogP contribution in [0, 0.1) is 0 Å². The van der Waals surface area contributed by atoms with Gasteiger partial charge in [0, 0.05) is 13.0 Å². The highest BCUT2D eigenvalue weighted by Crippen LogP contribution is 2.28. The number of carbonyl (C=O) groups is 3. The molecule has 1 atom stereocenters. The number of carbonyl (C=O) groups excluding carboxylic acids is 3. The van der Waals surface area contributed by atoms with Crippen LogP contribution in [-0.2, 0) is 20.9 Å².